The van der Waals surface area contributed by atoms with Crippen LogP contribution in [-0.4, -0.2) is 49.5 Å². The van der Waals surface area contributed by atoms with Gasteiger partial charge in [-0.15, -0.1) is 0 Å². The van der Waals surface area contributed by atoms with Crippen molar-refractivity contribution in [2.45, 2.75) is 60.0 Å². The number of hydrogen-bond donors (Lipinski definition) is 2. The molecule has 0 unspecified atom stereocenters. The van der Waals surface area contributed by atoms with Gasteiger partial charge in [0.1, 0.15) is 0 Å². The first-order valence-electron chi connectivity index (χ1n) is 7.94. The molecule has 0 rings (SSSR count). The van der Waals surface area contributed by atoms with E-state index in [0.717, 1.165) is 0 Å². The van der Waals surface area contributed by atoms with Gasteiger partial charge in [-0.1, -0.05) is 13.8 Å². The van der Waals surface area contributed by atoms with Gasteiger partial charge in [-0.3, -0.25) is 9.59 Å². The maximum Gasteiger partial charge on any atom is 0.311 e. The molecule has 23 heavy (non-hydrogen) atoms. The van der Waals surface area contributed by atoms with E-state index in [4.69, 9.17) is 14.6 Å². The highest BCUT2D eigenvalue weighted by atomic mass is 16.5. The van der Waals surface area contributed by atoms with Crippen LogP contribution >= 0.6 is 0 Å². The predicted molar refractivity (Wildman–Crippen MR) is 89.3 cm³/mol. The minimum Gasteiger partial charge on any atom is -0.481 e. The van der Waals surface area contributed by atoms with E-state index in [2.05, 4.69) is 5.32 Å². The Morgan fingerprint density at radius 2 is 1.61 bits per heavy atom. The van der Waals surface area contributed by atoms with Gasteiger partial charge in [-0.05, 0) is 39.5 Å². The summed E-state index contributed by atoms with van der Waals surface area (Å²) in [5, 5.41) is 12.0. The third-order valence-corrected chi connectivity index (χ3v) is 3.63. The second-order valence-electron chi connectivity index (χ2n) is 8.11. The quantitative estimate of drug-likeness (QED) is 0.607. The molecule has 2 N–H and O–H groups in total. The van der Waals surface area contributed by atoms with E-state index in [-0.39, 0.29) is 17.9 Å². The van der Waals surface area contributed by atoms with Gasteiger partial charge < -0.3 is 19.9 Å². The van der Waals surface area contributed by atoms with Crippen molar-refractivity contribution in [2.24, 2.45) is 10.8 Å². The highest BCUT2D eigenvalue weighted by molar-refractivity contribution is 5.76. The molecule has 6 nitrogen and oxygen atoms in total. The summed E-state index contributed by atoms with van der Waals surface area (Å²) in [6, 6.07) is 0. The molecule has 0 aliphatic rings. The summed E-state index contributed by atoms with van der Waals surface area (Å²) in [4.78, 5) is 23.0. The summed E-state index contributed by atoms with van der Waals surface area (Å²) >= 11 is 0. The summed E-state index contributed by atoms with van der Waals surface area (Å²) < 4.78 is 10.8. The van der Waals surface area contributed by atoms with Crippen LogP contribution in [0, 0.1) is 10.8 Å². The molecule has 0 bridgehead atoms. The van der Waals surface area contributed by atoms with Crippen molar-refractivity contribution >= 4 is 11.9 Å². The Bertz CT molecular complexity index is 402. The van der Waals surface area contributed by atoms with E-state index >= 15 is 0 Å². The monoisotopic (exact) mass is 331 g/mol. The molecule has 0 aromatic heterocycles. The second kappa shape index (κ2) is 8.64. The zero-order valence-electron chi connectivity index (χ0n) is 15.6. The van der Waals surface area contributed by atoms with Gasteiger partial charge >= 0.3 is 5.97 Å². The van der Waals surface area contributed by atoms with Crippen LogP contribution in [-0.2, 0) is 19.1 Å². The van der Waals surface area contributed by atoms with Crippen LogP contribution in [0.2, 0.25) is 0 Å². The Labute approximate surface area is 139 Å². The van der Waals surface area contributed by atoms with Crippen molar-refractivity contribution < 1.29 is 24.2 Å². The topological polar surface area (TPSA) is 84.9 Å². The Morgan fingerprint density at radius 3 is 2.09 bits per heavy atom. The van der Waals surface area contributed by atoms with Crippen LogP contribution in [0.15, 0.2) is 0 Å². The zero-order chi connectivity index (χ0) is 18.3. The van der Waals surface area contributed by atoms with E-state index in [1.54, 1.807) is 21.0 Å². The summed E-state index contributed by atoms with van der Waals surface area (Å²) in [5.74, 6) is -0.907. The number of carboxylic acid groups (broad SMARTS) is 1. The van der Waals surface area contributed by atoms with E-state index in [0.29, 0.717) is 26.0 Å². The second-order valence-corrected chi connectivity index (χ2v) is 8.11. The van der Waals surface area contributed by atoms with E-state index in [9.17, 15) is 9.59 Å². The molecule has 0 aliphatic heterocycles. The number of aliphatic carboxylic acids is 1. The molecule has 6 heteroatoms. The summed E-state index contributed by atoms with van der Waals surface area (Å²) in [5.41, 5.74) is -1.62. The Morgan fingerprint density at radius 1 is 1.04 bits per heavy atom. The SMILES string of the molecule is COCC(C)(C)CC(=O)NCCC(C)(C)OCC(C)(C)C(=O)O. The van der Waals surface area contributed by atoms with Gasteiger partial charge in [0, 0.05) is 20.1 Å². The van der Waals surface area contributed by atoms with Crippen molar-refractivity contribution in [3.8, 4) is 0 Å². The lowest BCUT2D eigenvalue weighted by Crippen LogP contribution is -2.38. The molecule has 0 heterocycles. The Balaban J connectivity index is 4.20. The minimum absolute atomic E-state index is 0.0197. The number of nitrogens with one attached hydrogen (secondary N) is 1. The van der Waals surface area contributed by atoms with Crippen LogP contribution in [0.3, 0.4) is 0 Å². The van der Waals surface area contributed by atoms with Crippen molar-refractivity contribution in [1.29, 1.82) is 0 Å². The third kappa shape index (κ3) is 9.56. The molecule has 0 atom stereocenters. The predicted octanol–water partition coefficient (Wildman–Crippen LogP) is 2.46. The molecular formula is C17H33NO5. The summed E-state index contributed by atoms with van der Waals surface area (Å²) in [6.45, 7) is 12.2. The van der Waals surface area contributed by atoms with E-state index < -0.39 is 17.0 Å². The molecular weight excluding hydrogens is 298 g/mol. The van der Waals surface area contributed by atoms with Crippen LogP contribution in [0.5, 0.6) is 0 Å². The molecule has 136 valence electrons. The average Bonchev–Trinajstić information content (AvgIpc) is 2.35. The van der Waals surface area contributed by atoms with Crippen LogP contribution < -0.4 is 5.32 Å². The molecule has 0 aromatic carbocycles. The fraction of sp³-hybridized carbons (Fsp3) is 0.882. The fourth-order valence-corrected chi connectivity index (χ4v) is 1.95. The number of carbonyl (C=O) groups excluding carboxylic acids is 1. The lowest BCUT2D eigenvalue weighted by molar-refractivity contribution is -0.154. The Hall–Kier alpha value is -1.14. The molecule has 0 saturated carbocycles. The molecule has 0 fully saturated rings. The molecule has 0 spiro atoms. The van der Waals surface area contributed by atoms with Crippen molar-refractivity contribution in [3.63, 3.8) is 0 Å². The van der Waals surface area contributed by atoms with Gasteiger partial charge in [0.25, 0.3) is 0 Å². The number of ether oxygens (including phenoxy) is 2. The van der Waals surface area contributed by atoms with Gasteiger partial charge in [-0.25, -0.2) is 0 Å². The van der Waals surface area contributed by atoms with Crippen molar-refractivity contribution in [2.75, 3.05) is 26.9 Å². The highest BCUT2D eigenvalue weighted by Gasteiger charge is 2.31. The van der Waals surface area contributed by atoms with Crippen molar-refractivity contribution in [3.05, 3.63) is 0 Å². The third-order valence-electron chi connectivity index (χ3n) is 3.63. The lowest BCUT2D eigenvalue weighted by Gasteiger charge is -2.30. The zero-order valence-corrected chi connectivity index (χ0v) is 15.6. The van der Waals surface area contributed by atoms with Gasteiger partial charge in [0.2, 0.25) is 5.91 Å². The molecule has 0 radical (unpaired) electrons. The number of rotatable bonds is 11. The maximum absolute atomic E-state index is 11.9. The number of carbonyl (C=O) groups is 2. The number of carboxylic acids is 1. The normalized spacial score (nSPS) is 13.0. The first kappa shape index (κ1) is 21.9. The first-order chi connectivity index (χ1) is 10.3. The standard InChI is InChI=1S/C17H33NO5/c1-15(2,11-22-7)10-13(19)18-9-8-17(5,6)23-12-16(3,4)14(20)21/h8-12H2,1-7H3,(H,18,19)(H,20,21). The lowest BCUT2D eigenvalue weighted by atomic mass is 9.90. The first-order valence-corrected chi connectivity index (χ1v) is 7.94. The number of amides is 1. The Kier molecular flexibility index (Phi) is 8.21. The highest BCUT2D eigenvalue weighted by Crippen LogP contribution is 2.22. The van der Waals surface area contributed by atoms with Gasteiger partial charge in [0.15, 0.2) is 0 Å². The van der Waals surface area contributed by atoms with E-state index in [1.807, 2.05) is 27.7 Å². The largest absolute Gasteiger partial charge is 0.481 e. The van der Waals surface area contributed by atoms with Gasteiger partial charge in [-0.2, -0.15) is 0 Å². The summed E-state index contributed by atoms with van der Waals surface area (Å²) in [7, 11) is 1.62. The summed E-state index contributed by atoms with van der Waals surface area (Å²) in [6.07, 6.45) is 1.01. The molecule has 0 saturated heterocycles. The smallest absolute Gasteiger partial charge is 0.311 e. The van der Waals surface area contributed by atoms with Crippen LogP contribution in [0.1, 0.15) is 54.4 Å². The minimum atomic E-state index is -0.926. The number of methoxy groups -OCH3 is 1. The molecule has 0 aromatic rings. The average molecular weight is 331 g/mol. The molecule has 1 amide bonds. The van der Waals surface area contributed by atoms with Crippen LogP contribution in [0.25, 0.3) is 0 Å². The van der Waals surface area contributed by atoms with Crippen molar-refractivity contribution in [1.82, 2.24) is 5.32 Å². The maximum atomic E-state index is 11.9. The fourth-order valence-electron chi connectivity index (χ4n) is 1.95. The number of hydrogen-bond acceptors (Lipinski definition) is 4. The van der Waals surface area contributed by atoms with Gasteiger partial charge in [0.05, 0.1) is 24.2 Å². The van der Waals surface area contributed by atoms with Crippen LogP contribution in [0.4, 0.5) is 0 Å². The van der Waals surface area contributed by atoms with E-state index in [1.165, 1.54) is 0 Å². The molecule has 0 aliphatic carbocycles.